The quantitative estimate of drug-likeness (QED) is 0.689. The summed E-state index contributed by atoms with van der Waals surface area (Å²) in [6.07, 6.45) is 6.78. The highest BCUT2D eigenvalue weighted by Crippen LogP contribution is 2.30. The summed E-state index contributed by atoms with van der Waals surface area (Å²) in [6, 6.07) is 8.62. The topological polar surface area (TPSA) is 50.8 Å². The molecule has 4 rings (SSSR count). The Morgan fingerprint density at radius 2 is 2.10 bits per heavy atom. The molecule has 1 N–H and O–H groups in total. The Morgan fingerprint density at radius 3 is 2.97 bits per heavy atom. The van der Waals surface area contributed by atoms with Gasteiger partial charge in [-0.1, -0.05) is 12.1 Å². The number of nitrogens with zero attached hydrogens (tertiary/aromatic N) is 1. The Hall–Kier alpha value is -1.89. The molecule has 1 amide bonds. The van der Waals surface area contributed by atoms with Gasteiger partial charge in [0.2, 0.25) is 0 Å². The van der Waals surface area contributed by atoms with Gasteiger partial charge in [-0.3, -0.25) is 9.69 Å². The number of benzene rings is 1. The van der Waals surface area contributed by atoms with Crippen LogP contribution in [0.15, 0.2) is 29.6 Å². The van der Waals surface area contributed by atoms with Crippen molar-refractivity contribution < 1.29 is 14.3 Å². The van der Waals surface area contributed by atoms with Gasteiger partial charge in [-0.05, 0) is 68.8 Å². The van der Waals surface area contributed by atoms with E-state index in [1.165, 1.54) is 23.3 Å². The summed E-state index contributed by atoms with van der Waals surface area (Å²) < 4.78 is 11.4. The first-order chi connectivity index (χ1) is 14.7. The molecule has 0 radical (unpaired) electrons. The summed E-state index contributed by atoms with van der Waals surface area (Å²) >= 11 is 1.73. The highest BCUT2D eigenvalue weighted by atomic mass is 32.1. The molecule has 162 valence electrons. The molecule has 1 fully saturated rings. The van der Waals surface area contributed by atoms with Gasteiger partial charge in [0.25, 0.3) is 5.91 Å². The molecule has 1 aromatic heterocycles. The minimum Gasteiger partial charge on any atom is -0.492 e. The number of ether oxygens (including phenoxy) is 2. The van der Waals surface area contributed by atoms with Crippen LogP contribution in [-0.2, 0) is 24.1 Å². The number of likely N-dealkylation sites (N-methyl/N-ethyl adjacent to an activating group) is 1. The molecule has 2 heterocycles. The van der Waals surface area contributed by atoms with Crippen LogP contribution in [0.25, 0.3) is 0 Å². The number of thiophene rings is 1. The molecule has 2 aromatic rings. The van der Waals surface area contributed by atoms with Crippen LogP contribution in [0.2, 0.25) is 0 Å². The Morgan fingerprint density at radius 1 is 1.27 bits per heavy atom. The first-order valence-electron chi connectivity index (χ1n) is 11.1. The van der Waals surface area contributed by atoms with Crippen molar-refractivity contribution in [3.05, 3.63) is 51.2 Å². The maximum atomic E-state index is 12.7. The molecule has 1 aromatic carbocycles. The molecule has 0 spiro atoms. The summed E-state index contributed by atoms with van der Waals surface area (Å²) in [4.78, 5) is 16.4. The van der Waals surface area contributed by atoms with Crippen molar-refractivity contribution in [2.45, 2.75) is 51.1 Å². The van der Waals surface area contributed by atoms with Gasteiger partial charge in [0, 0.05) is 42.6 Å². The zero-order chi connectivity index (χ0) is 20.8. The van der Waals surface area contributed by atoms with E-state index in [-0.39, 0.29) is 5.91 Å². The molecule has 6 heteroatoms. The summed E-state index contributed by atoms with van der Waals surface area (Å²) in [6.45, 7) is 3.79. The van der Waals surface area contributed by atoms with E-state index in [1.807, 2.05) is 29.6 Å². The van der Waals surface area contributed by atoms with Gasteiger partial charge < -0.3 is 14.8 Å². The van der Waals surface area contributed by atoms with Crippen molar-refractivity contribution in [3.63, 3.8) is 0 Å². The molecule has 2 aliphatic rings. The van der Waals surface area contributed by atoms with E-state index in [0.29, 0.717) is 19.2 Å². The Labute approximate surface area is 183 Å². The zero-order valence-electron chi connectivity index (χ0n) is 17.8. The number of fused-ring (bicyclic) bond motifs is 1. The summed E-state index contributed by atoms with van der Waals surface area (Å²) in [5, 5.41) is 5.12. The number of rotatable bonds is 8. The zero-order valence-corrected chi connectivity index (χ0v) is 18.6. The van der Waals surface area contributed by atoms with Crippen LogP contribution in [0.4, 0.5) is 0 Å². The van der Waals surface area contributed by atoms with E-state index in [0.717, 1.165) is 62.3 Å². The van der Waals surface area contributed by atoms with E-state index in [9.17, 15) is 4.79 Å². The molecule has 0 saturated carbocycles. The lowest BCUT2D eigenvalue weighted by Gasteiger charge is -2.31. The van der Waals surface area contributed by atoms with Gasteiger partial charge in [-0.15, -0.1) is 11.3 Å². The van der Waals surface area contributed by atoms with Crippen LogP contribution in [-0.4, -0.2) is 50.3 Å². The lowest BCUT2D eigenvalue weighted by molar-refractivity contribution is 0.0392. The number of carbonyl (C=O) groups is 1. The third-order valence-electron chi connectivity index (χ3n) is 6.18. The molecule has 0 atom stereocenters. The monoisotopic (exact) mass is 428 g/mol. The molecular weight excluding hydrogens is 396 g/mol. The Kier molecular flexibility index (Phi) is 7.42. The van der Waals surface area contributed by atoms with Crippen molar-refractivity contribution >= 4 is 17.2 Å². The Balaban J connectivity index is 1.25. The van der Waals surface area contributed by atoms with Crippen LogP contribution in [0.5, 0.6) is 5.75 Å². The first kappa shape index (κ1) is 21.3. The van der Waals surface area contributed by atoms with Gasteiger partial charge in [0.15, 0.2) is 0 Å². The molecule has 5 nitrogen and oxygen atoms in total. The standard InChI is InChI=1S/C24H32N2O3S/c1-26(19-9-12-28-13-10-19)11-14-29-20-6-4-5-18(15-20)16-25-24(27)22-17-30-23-8-3-2-7-21(22)23/h4-6,15,17,19H,2-3,7-14,16H2,1H3,(H,25,27). The number of aryl methyl sites for hydroxylation is 1. The van der Waals surface area contributed by atoms with Crippen LogP contribution in [0, 0.1) is 0 Å². The highest BCUT2D eigenvalue weighted by Gasteiger charge is 2.20. The first-order valence-corrected chi connectivity index (χ1v) is 12.0. The number of carbonyl (C=O) groups excluding carboxylic acids is 1. The van der Waals surface area contributed by atoms with Gasteiger partial charge in [0.05, 0.1) is 5.56 Å². The minimum absolute atomic E-state index is 0.0406. The molecule has 30 heavy (non-hydrogen) atoms. The maximum absolute atomic E-state index is 12.7. The van der Waals surface area contributed by atoms with Crippen molar-refractivity contribution in [3.8, 4) is 5.75 Å². The molecule has 1 aliphatic carbocycles. The van der Waals surface area contributed by atoms with Gasteiger partial charge in [0.1, 0.15) is 12.4 Å². The van der Waals surface area contributed by atoms with Crippen molar-refractivity contribution in [2.24, 2.45) is 0 Å². The molecule has 1 saturated heterocycles. The second-order valence-electron chi connectivity index (χ2n) is 8.26. The van der Waals surface area contributed by atoms with E-state index < -0.39 is 0 Å². The third-order valence-corrected chi connectivity index (χ3v) is 7.27. The second-order valence-corrected chi connectivity index (χ2v) is 9.23. The average Bonchev–Trinajstić information content (AvgIpc) is 3.23. The second kappa shape index (κ2) is 10.4. The van der Waals surface area contributed by atoms with Gasteiger partial charge in [-0.25, -0.2) is 0 Å². The predicted octanol–water partition coefficient (Wildman–Crippen LogP) is 4.05. The minimum atomic E-state index is 0.0406. The van der Waals surface area contributed by atoms with Crippen molar-refractivity contribution in [1.82, 2.24) is 10.2 Å². The van der Waals surface area contributed by atoms with E-state index in [1.54, 1.807) is 11.3 Å². The Bertz CT molecular complexity index is 845. The fourth-order valence-electron chi connectivity index (χ4n) is 4.32. The van der Waals surface area contributed by atoms with Crippen LogP contribution in [0.3, 0.4) is 0 Å². The molecule has 0 unspecified atom stereocenters. The number of hydrogen-bond donors (Lipinski definition) is 1. The molecular formula is C24H32N2O3S. The van der Waals surface area contributed by atoms with Gasteiger partial charge >= 0.3 is 0 Å². The number of hydrogen-bond acceptors (Lipinski definition) is 5. The van der Waals surface area contributed by atoms with E-state index in [2.05, 4.69) is 17.3 Å². The van der Waals surface area contributed by atoms with Crippen LogP contribution >= 0.6 is 11.3 Å². The van der Waals surface area contributed by atoms with Crippen molar-refractivity contribution in [2.75, 3.05) is 33.4 Å². The fraction of sp³-hybridized carbons (Fsp3) is 0.542. The maximum Gasteiger partial charge on any atom is 0.252 e. The number of amides is 1. The third kappa shape index (κ3) is 5.42. The van der Waals surface area contributed by atoms with E-state index in [4.69, 9.17) is 9.47 Å². The van der Waals surface area contributed by atoms with Crippen LogP contribution < -0.4 is 10.1 Å². The SMILES string of the molecule is CN(CCOc1cccc(CNC(=O)c2csc3c2CCCC3)c1)C1CCOCC1. The molecule has 0 bridgehead atoms. The smallest absolute Gasteiger partial charge is 0.252 e. The summed E-state index contributed by atoms with van der Waals surface area (Å²) in [7, 11) is 2.16. The lowest BCUT2D eigenvalue weighted by Crippen LogP contribution is -2.38. The predicted molar refractivity (Wildman–Crippen MR) is 121 cm³/mol. The lowest BCUT2D eigenvalue weighted by atomic mass is 9.95. The number of nitrogens with one attached hydrogen (secondary N) is 1. The van der Waals surface area contributed by atoms with Gasteiger partial charge in [-0.2, -0.15) is 0 Å². The molecule has 1 aliphatic heterocycles. The normalized spacial score (nSPS) is 17.0. The van der Waals surface area contributed by atoms with Crippen LogP contribution in [0.1, 0.15) is 52.0 Å². The summed E-state index contributed by atoms with van der Waals surface area (Å²) in [5.74, 6) is 0.897. The average molecular weight is 429 g/mol. The fourth-order valence-corrected chi connectivity index (χ4v) is 5.45. The summed E-state index contributed by atoms with van der Waals surface area (Å²) in [5.41, 5.74) is 3.20. The largest absolute Gasteiger partial charge is 0.492 e. The van der Waals surface area contributed by atoms with E-state index >= 15 is 0 Å². The van der Waals surface area contributed by atoms with Crippen molar-refractivity contribution in [1.29, 1.82) is 0 Å². The highest BCUT2D eigenvalue weighted by molar-refractivity contribution is 7.10.